The fourth-order valence-corrected chi connectivity index (χ4v) is 3.35. The van der Waals surface area contributed by atoms with E-state index in [-0.39, 0.29) is 18.0 Å². The van der Waals surface area contributed by atoms with Crippen LogP contribution in [0.25, 0.3) is 0 Å². The van der Waals surface area contributed by atoms with E-state index in [9.17, 15) is 20.0 Å². The molecular weight excluding hydrogens is 486 g/mol. The van der Waals surface area contributed by atoms with Crippen molar-refractivity contribution in [2.24, 2.45) is 5.10 Å². The number of nitro groups is 1. The van der Waals surface area contributed by atoms with E-state index < -0.39 is 10.8 Å². The van der Waals surface area contributed by atoms with Gasteiger partial charge in [-0.1, -0.05) is 15.9 Å². The van der Waals surface area contributed by atoms with Crippen molar-refractivity contribution in [2.75, 3.05) is 6.61 Å². The minimum absolute atomic E-state index is 0.0327. The lowest BCUT2D eigenvalue weighted by molar-refractivity contribution is -0.385. The van der Waals surface area contributed by atoms with Crippen LogP contribution < -0.4 is 10.2 Å². The summed E-state index contributed by atoms with van der Waals surface area (Å²) in [6.07, 6.45) is 1.37. The van der Waals surface area contributed by atoms with Crippen LogP contribution in [0, 0.1) is 24.0 Å². The zero-order valence-corrected chi connectivity index (χ0v) is 17.5. The Bertz CT molecular complexity index is 908. The van der Waals surface area contributed by atoms with Crippen molar-refractivity contribution < 1.29 is 19.6 Å². The number of carbonyl (C=O) groups is 1. The molecule has 27 heavy (non-hydrogen) atoms. The zero-order chi connectivity index (χ0) is 20.1. The number of aromatic hydroxyl groups is 1. The summed E-state index contributed by atoms with van der Waals surface area (Å²) in [4.78, 5) is 22.2. The Morgan fingerprint density at radius 1 is 1.26 bits per heavy atom. The number of nitrogens with zero attached hydrogens (tertiary/aromatic N) is 2. The summed E-state index contributed by atoms with van der Waals surface area (Å²) in [5.41, 5.74) is 3.97. The van der Waals surface area contributed by atoms with E-state index in [1.54, 1.807) is 19.9 Å². The Balaban J connectivity index is 1.97. The molecule has 2 N–H and O–H groups in total. The van der Waals surface area contributed by atoms with Crippen molar-refractivity contribution in [3.05, 3.63) is 60.0 Å². The summed E-state index contributed by atoms with van der Waals surface area (Å²) in [6.45, 7) is 3.04. The van der Waals surface area contributed by atoms with E-state index in [4.69, 9.17) is 4.74 Å². The number of non-ortho nitro benzene ring substituents is 1. The standard InChI is InChI=1S/C17H15Br2N3O5/c1-9-3-12(22(25)26)4-10(2)17(9)27-8-16(24)21-20-7-11-5-15(23)14(19)6-13(11)18/h3-7,23H,8H2,1-2H3,(H,21,24)/b20-7+. The summed E-state index contributed by atoms with van der Waals surface area (Å²) >= 11 is 6.51. The van der Waals surface area contributed by atoms with Crippen LogP contribution in [0.1, 0.15) is 16.7 Å². The number of phenols is 1. The molecule has 0 heterocycles. The number of aryl methyl sites for hydroxylation is 2. The molecule has 0 radical (unpaired) electrons. The smallest absolute Gasteiger partial charge is 0.277 e. The van der Waals surface area contributed by atoms with Gasteiger partial charge in [0.25, 0.3) is 11.6 Å². The van der Waals surface area contributed by atoms with Crippen molar-refractivity contribution in [2.45, 2.75) is 13.8 Å². The highest BCUT2D eigenvalue weighted by molar-refractivity contribution is 9.11. The van der Waals surface area contributed by atoms with Crippen molar-refractivity contribution in [1.29, 1.82) is 0 Å². The Labute approximate surface area is 171 Å². The molecule has 0 aliphatic heterocycles. The highest BCUT2D eigenvalue weighted by Crippen LogP contribution is 2.30. The molecule has 0 aromatic heterocycles. The fraction of sp³-hybridized carbons (Fsp3) is 0.176. The molecule has 8 nitrogen and oxygen atoms in total. The van der Waals surface area contributed by atoms with Crippen LogP contribution in [-0.4, -0.2) is 28.8 Å². The minimum Gasteiger partial charge on any atom is -0.507 e. The Morgan fingerprint density at radius 2 is 1.89 bits per heavy atom. The third-order valence-electron chi connectivity index (χ3n) is 3.46. The molecule has 0 atom stereocenters. The predicted molar refractivity (Wildman–Crippen MR) is 107 cm³/mol. The van der Waals surface area contributed by atoms with Gasteiger partial charge in [-0.05, 0) is 53.0 Å². The van der Waals surface area contributed by atoms with Crippen molar-refractivity contribution in [3.63, 3.8) is 0 Å². The van der Waals surface area contributed by atoms with E-state index in [0.717, 1.165) is 0 Å². The molecule has 0 bridgehead atoms. The van der Waals surface area contributed by atoms with E-state index in [0.29, 0.717) is 31.4 Å². The second-order valence-electron chi connectivity index (χ2n) is 5.57. The number of halogens is 2. The number of hydrazone groups is 1. The number of rotatable bonds is 6. The summed E-state index contributed by atoms with van der Waals surface area (Å²) in [5, 5.41) is 24.3. The van der Waals surface area contributed by atoms with Crippen LogP contribution in [0.3, 0.4) is 0 Å². The SMILES string of the molecule is Cc1cc([N+](=O)[O-])cc(C)c1OCC(=O)N/N=C/c1cc(O)c(Br)cc1Br. The average molecular weight is 501 g/mol. The van der Waals surface area contributed by atoms with Gasteiger partial charge in [0.15, 0.2) is 6.61 Å². The third-order valence-corrected chi connectivity index (χ3v) is 4.78. The summed E-state index contributed by atoms with van der Waals surface area (Å²) in [6, 6.07) is 5.90. The molecular formula is C17H15Br2N3O5. The number of carbonyl (C=O) groups excluding carboxylic acids is 1. The van der Waals surface area contributed by atoms with Crippen LogP contribution in [0.5, 0.6) is 11.5 Å². The van der Waals surface area contributed by atoms with Gasteiger partial charge in [0, 0.05) is 22.2 Å². The minimum atomic E-state index is -0.499. The van der Waals surface area contributed by atoms with Gasteiger partial charge in [-0.3, -0.25) is 14.9 Å². The first kappa shape index (κ1) is 20.8. The Hall–Kier alpha value is -2.46. The molecule has 0 aliphatic rings. The van der Waals surface area contributed by atoms with Crippen LogP contribution in [0.15, 0.2) is 38.3 Å². The first-order valence-electron chi connectivity index (χ1n) is 7.57. The Kier molecular flexibility index (Phi) is 6.92. The van der Waals surface area contributed by atoms with Crippen LogP contribution in [0.4, 0.5) is 5.69 Å². The molecule has 0 aliphatic carbocycles. The summed E-state index contributed by atoms with van der Waals surface area (Å²) in [7, 11) is 0. The molecule has 0 fully saturated rings. The topological polar surface area (TPSA) is 114 Å². The fourth-order valence-electron chi connectivity index (χ4n) is 2.26. The van der Waals surface area contributed by atoms with Gasteiger partial charge in [0.05, 0.1) is 15.6 Å². The number of nitrogens with one attached hydrogen (secondary N) is 1. The van der Waals surface area contributed by atoms with Crippen molar-refractivity contribution >= 4 is 49.7 Å². The molecule has 0 unspecified atom stereocenters. The molecule has 2 rings (SSSR count). The second kappa shape index (κ2) is 8.96. The average Bonchev–Trinajstić information content (AvgIpc) is 2.58. The predicted octanol–water partition coefficient (Wildman–Crippen LogP) is 3.97. The molecule has 0 saturated carbocycles. The second-order valence-corrected chi connectivity index (χ2v) is 7.28. The third kappa shape index (κ3) is 5.51. The quantitative estimate of drug-likeness (QED) is 0.354. The van der Waals surface area contributed by atoms with Gasteiger partial charge in [0.1, 0.15) is 11.5 Å². The van der Waals surface area contributed by atoms with Gasteiger partial charge in [0.2, 0.25) is 0 Å². The number of benzene rings is 2. The molecule has 10 heteroatoms. The molecule has 1 amide bonds. The van der Waals surface area contributed by atoms with Crippen molar-refractivity contribution in [1.82, 2.24) is 5.43 Å². The molecule has 142 valence electrons. The van der Waals surface area contributed by atoms with E-state index in [2.05, 4.69) is 42.4 Å². The lowest BCUT2D eigenvalue weighted by atomic mass is 10.1. The number of phenolic OH excluding ortho intramolecular Hbond substituents is 1. The largest absolute Gasteiger partial charge is 0.507 e. The number of ether oxygens (including phenoxy) is 1. The van der Waals surface area contributed by atoms with Gasteiger partial charge in [-0.25, -0.2) is 5.43 Å². The zero-order valence-electron chi connectivity index (χ0n) is 14.3. The molecule has 2 aromatic carbocycles. The number of amides is 1. The van der Waals surface area contributed by atoms with Gasteiger partial charge >= 0.3 is 0 Å². The van der Waals surface area contributed by atoms with Gasteiger partial charge < -0.3 is 9.84 Å². The highest BCUT2D eigenvalue weighted by atomic mass is 79.9. The molecule has 0 spiro atoms. The summed E-state index contributed by atoms with van der Waals surface area (Å²) in [5.74, 6) is -0.0420. The van der Waals surface area contributed by atoms with Gasteiger partial charge in [-0.2, -0.15) is 5.10 Å². The summed E-state index contributed by atoms with van der Waals surface area (Å²) < 4.78 is 6.67. The maximum Gasteiger partial charge on any atom is 0.277 e. The maximum atomic E-state index is 11.9. The highest BCUT2D eigenvalue weighted by Gasteiger charge is 2.14. The molecule has 2 aromatic rings. The van der Waals surface area contributed by atoms with Crippen LogP contribution >= 0.6 is 31.9 Å². The maximum absolute atomic E-state index is 11.9. The van der Waals surface area contributed by atoms with Crippen LogP contribution in [-0.2, 0) is 4.79 Å². The number of hydrogen-bond donors (Lipinski definition) is 2. The normalized spacial score (nSPS) is 10.8. The lowest BCUT2D eigenvalue weighted by Crippen LogP contribution is -2.25. The van der Waals surface area contributed by atoms with Crippen LogP contribution in [0.2, 0.25) is 0 Å². The van der Waals surface area contributed by atoms with E-state index >= 15 is 0 Å². The number of nitro benzene ring substituents is 1. The lowest BCUT2D eigenvalue weighted by Gasteiger charge is -2.11. The monoisotopic (exact) mass is 499 g/mol. The van der Waals surface area contributed by atoms with Crippen molar-refractivity contribution in [3.8, 4) is 11.5 Å². The van der Waals surface area contributed by atoms with Gasteiger partial charge in [-0.15, -0.1) is 0 Å². The van der Waals surface area contributed by atoms with E-state index in [1.165, 1.54) is 24.4 Å². The first-order valence-corrected chi connectivity index (χ1v) is 9.16. The Morgan fingerprint density at radius 3 is 2.48 bits per heavy atom. The molecule has 0 saturated heterocycles. The number of hydrogen-bond acceptors (Lipinski definition) is 6. The first-order chi connectivity index (χ1) is 12.7. The van der Waals surface area contributed by atoms with E-state index in [1.807, 2.05) is 0 Å².